The van der Waals surface area contributed by atoms with Gasteiger partial charge in [-0.3, -0.25) is 4.31 Å². The van der Waals surface area contributed by atoms with Gasteiger partial charge in [-0.15, -0.1) is 0 Å². The summed E-state index contributed by atoms with van der Waals surface area (Å²) in [5.41, 5.74) is 2.69. The van der Waals surface area contributed by atoms with Crippen molar-refractivity contribution in [3.05, 3.63) is 72.2 Å². The molecular weight excluding hydrogens is 437 g/mol. The molecule has 0 bridgehead atoms. The highest BCUT2D eigenvalue weighted by Gasteiger charge is 2.35. The van der Waals surface area contributed by atoms with Gasteiger partial charge < -0.3 is 9.88 Å². The number of hydrogen-bond donors (Lipinski definition) is 1. The number of aromatic amines is 1. The molecule has 0 spiro atoms. The van der Waals surface area contributed by atoms with E-state index in [1.165, 1.54) is 6.07 Å². The molecule has 1 aromatic heterocycles. The lowest BCUT2D eigenvalue weighted by molar-refractivity contribution is 0.189. The fourth-order valence-corrected chi connectivity index (χ4v) is 7.23. The number of nitrogens with zero attached hydrogens (tertiary/aromatic N) is 2. The Morgan fingerprint density at radius 3 is 2.52 bits per heavy atom. The third-order valence-corrected chi connectivity index (χ3v) is 9.11. The Morgan fingerprint density at radius 1 is 0.939 bits per heavy atom. The van der Waals surface area contributed by atoms with Crippen LogP contribution in [-0.4, -0.2) is 44.5 Å². The first-order chi connectivity index (χ1) is 16.0. The lowest BCUT2D eigenvalue weighted by atomic mass is 9.90. The lowest BCUT2D eigenvalue weighted by Gasteiger charge is -2.33. The molecule has 5 nitrogen and oxygen atoms in total. The number of H-pyrrole nitrogens is 1. The number of aromatic nitrogens is 1. The van der Waals surface area contributed by atoms with Crippen LogP contribution in [0.15, 0.2) is 65.7 Å². The van der Waals surface area contributed by atoms with Crippen LogP contribution < -0.4 is 4.31 Å². The zero-order valence-electron chi connectivity index (χ0n) is 18.3. The molecule has 6 rings (SSSR count). The fourth-order valence-electron chi connectivity index (χ4n) is 5.53. The van der Waals surface area contributed by atoms with Gasteiger partial charge >= 0.3 is 0 Å². The number of nitrogens with one attached hydrogen (secondary N) is 1. The zero-order chi connectivity index (χ0) is 22.6. The minimum absolute atomic E-state index is 0.163. The molecular formula is C26H26FN3O2S. The average molecular weight is 464 g/mol. The van der Waals surface area contributed by atoms with Crippen molar-refractivity contribution in [1.29, 1.82) is 0 Å². The van der Waals surface area contributed by atoms with Gasteiger partial charge in [0.25, 0.3) is 10.0 Å². The second kappa shape index (κ2) is 7.85. The molecule has 1 saturated heterocycles. The number of piperidine rings is 1. The molecule has 2 aliphatic rings. The highest BCUT2D eigenvalue weighted by atomic mass is 32.2. The summed E-state index contributed by atoms with van der Waals surface area (Å²) in [7, 11) is -3.50. The van der Waals surface area contributed by atoms with Gasteiger partial charge in [0.05, 0.1) is 10.6 Å². The van der Waals surface area contributed by atoms with Crippen molar-refractivity contribution in [2.75, 3.05) is 30.5 Å². The predicted molar refractivity (Wildman–Crippen MR) is 130 cm³/mol. The van der Waals surface area contributed by atoms with E-state index in [-0.39, 0.29) is 5.82 Å². The summed E-state index contributed by atoms with van der Waals surface area (Å²) in [6.07, 6.45) is 4.87. The molecule has 3 aromatic carbocycles. The van der Waals surface area contributed by atoms with Crippen LogP contribution in [0.5, 0.6) is 0 Å². The summed E-state index contributed by atoms with van der Waals surface area (Å²) in [4.78, 5) is 5.96. The number of sulfonamides is 1. The largest absolute Gasteiger partial charge is 0.361 e. The van der Waals surface area contributed by atoms with E-state index < -0.39 is 10.0 Å². The third kappa shape index (κ3) is 3.42. The topological polar surface area (TPSA) is 56.4 Å². The van der Waals surface area contributed by atoms with E-state index in [1.54, 1.807) is 16.4 Å². The van der Waals surface area contributed by atoms with E-state index >= 15 is 0 Å². The van der Waals surface area contributed by atoms with Gasteiger partial charge in [0.15, 0.2) is 0 Å². The molecule has 4 aromatic rings. The summed E-state index contributed by atoms with van der Waals surface area (Å²) >= 11 is 0. The summed E-state index contributed by atoms with van der Waals surface area (Å²) < 4.78 is 42.2. The third-order valence-electron chi connectivity index (χ3n) is 7.25. The summed E-state index contributed by atoms with van der Waals surface area (Å²) in [5.74, 6) is 0.345. The predicted octanol–water partition coefficient (Wildman–Crippen LogP) is 4.92. The molecule has 7 heteroatoms. The molecule has 170 valence electrons. The summed E-state index contributed by atoms with van der Waals surface area (Å²) in [6.45, 7) is 3.02. The zero-order valence-corrected chi connectivity index (χ0v) is 19.1. The van der Waals surface area contributed by atoms with Crippen LogP contribution in [-0.2, 0) is 16.4 Å². The molecule has 0 aliphatic carbocycles. The smallest absolute Gasteiger partial charge is 0.265 e. The van der Waals surface area contributed by atoms with Crippen LogP contribution >= 0.6 is 0 Å². The number of hydrogen-bond acceptors (Lipinski definition) is 3. The van der Waals surface area contributed by atoms with Gasteiger partial charge in [-0.2, -0.15) is 0 Å². The van der Waals surface area contributed by atoms with E-state index in [1.807, 2.05) is 42.6 Å². The molecule has 33 heavy (non-hydrogen) atoms. The SMILES string of the molecule is O=S1(=O)c2cccc3cccc(c23)N1CCN1CCC(Cc2c[nH]c3cccc(F)c23)CC1. The second-order valence-corrected chi connectivity index (χ2v) is 11.0. The van der Waals surface area contributed by atoms with Crippen molar-refractivity contribution in [3.63, 3.8) is 0 Å². The first kappa shape index (κ1) is 20.7. The lowest BCUT2D eigenvalue weighted by Crippen LogP contribution is -2.41. The van der Waals surface area contributed by atoms with Crippen molar-refractivity contribution in [2.45, 2.75) is 24.2 Å². The van der Waals surface area contributed by atoms with Crippen LogP contribution in [0.2, 0.25) is 0 Å². The molecule has 3 heterocycles. The second-order valence-electron chi connectivity index (χ2n) is 9.17. The molecule has 1 N–H and O–H groups in total. The number of benzene rings is 3. The van der Waals surface area contributed by atoms with Crippen molar-refractivity contribution in [2.24, 2.45) is 5.92 Å². The van der Waals surface area contributed by atoms with Crippen molar-refractivity contribution in [3.8, 4) is 0 Å². The van der Waals surface area contributed by atoms with Gasteiger partial charge in [0.1, 0.15) is 5.82 Å². The van der Waals surface area contributed by atoms with Crippen LogP contribution in [0.4, 0.5) is 10.1 Å². The normalized spacial score (nSPS) is 18.5. The van der Waals surface area contributed by atoms with E-state index in [4.69, 9.17) is 0 Å². The van der Waals surface area contributed by atoms with Gasteiger partial charge in [-0.25, -0.2) is 12.8 Å². The summed E-state index contributed by atoms with van der Waals surface area (Å²) in [5, 5.41) is 2.52. The van der Waals surface area contributed by atoms with E-state index in [9.17, 15) is 12.8 Å². The molecule has 1 fully saturated rings. The quantitative estimate of drug-likeness (QED) is 0.457. The number of rotatable bonds is 5. The van der Waals surface area contributed by atoms with Crippen LogP contribution in [0, 0.1) is 11.7 Å². The van der Waals surface area contributed by atoms with Crippen LogP contribution in [0.25, 0.3) is 21.7 Å². The molecule has 2 aliphatic heterocycles. The van der Waals surface area contributed by atoms with Crippen molar-refractivity contribution < 1.29 is 12.8 Å². The van der Waals surface area contributed by atoms with Gasteiger partial charge in [-0.05, 0) is 73.5 Å². The monoisotopic (exact) mass is 463 g/mol. The van der Waals surface area contributed by atoms with Crippen LogP contribution in [0.3, 0.4) is 0 Å². The first-order valence-corrected chi connectivity index (χ1v) is 13.0. The molecule has 0 unspecified atom stereocenters. The maximum atomic E-state index is 14.3. The Balaban J connectivity index is 1.11. The minimum atomic E-state index is -3.50. The number of likely N-dealkylation sites (tertiary alicyclic amines) is 1. The van der Waals surface area contributed by atoms with Gasteiger partial charge in [0, 0.05) is 35.6 Å². The molecule has 0 saturated carbocycles. The standard InChI is InChI=1S/C26H26FN3O2S/c27-21-6-3-7-22-25(21)20(17-28-22)16-18-10-12-29(13-11-18)14-15-30-23-8-1-4-19-5-2-9-24(26(19)23)33(30,31)32/h1-9,17-18,28H,10-16H2. The highest BCUT2D eigenvalue weighted by Crippen LogP contribution is 2.41. The first-order valence-electron chi connectivity index (χ1n) is 11.5. The molecule has 0 atom stereocenters. The number of anilines is 1. The van der Waals surface area contributed by atoms with E-state index in [2.05, 4.69) is 9.88 Å². The Labute approximate surface area is 192 Å². The van der Waals surface area contributed by atoms with Gasteiger partial charge in [0.2, 0.25) is 0 Å². The number of fused-ring (bicyclic) bond motifs is 1. The highest BCUT2D eigenvalue weighted by molar-refractivity contribution is 7.93. The van der Waals surface area contributed by atoms with Crippen LogP contribution in [0.1, 0.15) is 18.4 Å². The van der Waals surface area contributed by atoms with Crippen molar-refractivity contribution >= 4 is 37.4 Å². The minimum Gasteiger partial charge on any atom is -0.361 e. The fraction of sp³-hybridized carbons (Fsp3) is 0.308. The Morgan fingerprint density at radius 2 is 1.70 bits per heavy atom. The maximum Gasteiger partial charge on any atom is 0.265 e. The van der Waals surface area contributed by atoms with Gasteiger partial charge in [-0.1, -0.05) is 30.3 Å². The van der Waals surface area contributed by atoms with E-state index in [0.29, 0.717) is 29.3 Å². The maximum absolute atomic E-state index is 14.3. The van der Waals surface area contributed by atoms with Crippen molar-refractivity contribution in [1.82, 2.24) is 9.88 Å². The Bertz CT molecular complexity index is 1450. The van der Waals surface area contributed by atoms with E-state index in [0.717, 1.165) is 59.9 Å². The molecule has 0 radical (unpaired) electrons. The Hall–Kier alpha value is -2.90. The molecule has 0 amide bonds. The summed E-state index contributed by atoms with van der Waals surface area (Å²) in [6, 6.07) is 16.4. The average Bonchev–Trinajstić information content (AvgIpc) is 3.32. The Kier molecular flexibility index (Phi) is 4.92. The number of halogens is 1.